The van der Waals surface area contributed by atoms with Crippen LogP contribution in [0.3, 0.4) is 0 Å². The zero-order valence-electron chi connectivity index (χ0n) is 10.3. The summed E-state index contributed by atoms with van der Waals surface area (Å²) in [6.07, 6.45) is 5.54. The fraction of sp³-hybridized carbons (Fsp3) is 0.923. The van der Waals surface area contributed by atoms with Crippen LogP contribution < -0.4 is 0 Å². The Bertz CT molecular complexity index is 324. The molecule has 4 heteroatoms. The molecule has 96 valence electrons. The third-order valence-electron chi connectivity index (χ3n) is 4.81. The van der Waals surface area contributed by atoms with Crippen molar-refractivity contribution in [2.24, 2.45) is 17.3 Å². The smallest absolute Gasteiger partial charge is 0.438 e. The lowest BCUT2D eigenvalue weighted by Gasteiger charge is -2.59. The van der Waals surface area contributed by atoms with Crippen LogP contribution in [0.25, 0.3) is 0 Å². The monoisotopic (exact) mass is 240 g/mol. The topological polar surface area (TPSA) is 55.8 Å². The zero-order valence-corrected chi connectivity index (χ0v) is 10.3. The van der Waals surface area contributed by atoms with Crippen LogP contribution in [0.1, 0.15) is 38.5 Å². The Balaban J connectivity index is 1.72. The molecule has 0 amide bonds. The molecule has 0 radical (unpaired) electrons. The number of carbonyl (C=O) groups excluding carboxylic acids is 1. The molecule has 0 saturated heterocycles. The number of ether oxygens (including phenoxy) is 2. The maximum absolute atomic E-state index is 11.1. The number of carbonyl (C=O) groups is 1. The Morgan fingerprint density at radius 1 is 1.29 bits per heavy atom. The largest absolute Gasteiger partial charge is 0.507 e. The van der Waals surface area contributed by atoms with Crippen LogP contribution in [0.4, 0.5) is 4.79 Å². The summed E-state index contributed by atoms with van der Waals surface area (Å²) in [5.41, 5.74) is -0.462. The fourth-order valence-corrected chi connectivity index (χ4v) is 4.84. The molecule has 0 heterocycles. The van der Waals surface area contributed by atoms with E-state index in [4.69, 9.17) is 4.74 Å². The van der Waals surface area contributed by atoms with Gasteiger partial charge in [-0.05, 0) is 50.4 Å². The van der Waals surface area contributed by atoms with Crippen molar-refractivity contribution in [3.63, 3.8) is 0 Å². The van der Waals surface area contributed by atoms with E-state index in [-0.39, 0.29) is 5.41 Å². The molecule has 0 spiro atoms. The van der Waals surface area contributed by atoms with Gasteiger partial charge in [0, 0.05) is 5.41 Å². The molecular weight excluding hydrogens is 220 g/mol. The summed E-state index contributed by atoms with van der Waals surface area (Å²) < 4.78 is 9.66. The maximum Gasteiger partial charge on any atom is 0.507 e. The highest BCUT2D eigenvalue weighted by Crippen LogP contribution is 2.61. The molecule has 1 N–H and O–H groups in total. The molecule has 0 aliphatic heterocycles. The first-order valence-electron chi connectivity index (χ1n) is 6.46. The Labute approximate surface area is 101 Å². The number of hydrogen-bond acceptors (Lipinski definition) is 4. The molecule has 0 aromatic heterocycles. The van der Waals surface area contributed by atoms with Crippen LogP contribution in [0.5, 0.6) is 0 Å². The van der Waals surface area contributed by atoms with Gasteiger partial charge in [-0.3, -0.25) is 0 Å². The highest BCUT2D eigenvalue weighted by atomic mass is 16.7. The third-order valence-corrected chi connectivity index (χ3v) is 4.81. The van der Waals surface area contributed by atoms with Crippen molar-refractivity contribution in [2.45, 2.75) is 44.1 Å². The van der Waals surface area contributed by atoms with Crippen LogP contribution in [-0.2, 0) is 9.47 Å². The van der Waals surface area contributed by atoms with E-state index >= 15 is 0 Å². The summed E-state index contributed by atoms with van der Waals surface area (Å²) in [4.78, 5) is 11.1. The van der Waals surface area contributed by atoms with E-state index in [0.29, 0.717) is 18.4 Å². The second-order valence-corrected chi connectivity index (χ2v) is 6.43. The summed E-state index contributed by atoms with van der Waals surface area (Å²) in [5, 5.41) is 10.5. The van der Waals surface area contributed by atoms with E-state index in [9.17, 15) is 9.90 Å². The summed E-state index contributed by atoms with van der Waals surface area (Å²) in [6.45, 7) is 0.412. The van der Waals surface area contributed by atoms with Crippen molar-refractivity contribution in [1.82, 2.24) is 0 Å². The average molecular weight is 240 g/mol. The van der Waals surface area contributed by atoms with Gasteiger partial charge in [-0.15, -0.1) is 0 Å². The lowest BCUT2D eigenvalue weighted by molar-refractivity contribution is -0.176. The predicted octanol–water partition coefficient (Wildman–Crippen LogP) is 2.10. The van der Waals surface area contributed by atoms with Crippen molar-refractivity contribution in [3.8, 4) is 0 Å². The highest BCUT2D eigenvalue weighted by Gasteiger charge is 2.57. The average Bonchev–Trinajstić information content (AvgIpc) is 2.22. The highest BCUT2D eigenvalue weighted by molar-refractivity contribution is 5.59. The summed E-state index contributed by atoms with van der Waals surface area (Å²) in [5.74, 6) is 1.25. The van der Waals surface area contributed by atoms with E-state index in [0.717, 1.165) is 32.1 Å². The quantitative estimate of drug-likeness (QED) is 0.751. The second-order valence-electron chi connectivity index (χ2n) is 6.43. The number of rotatable bonds is 2. The van der Waals surface area contributed by atoms with E-state index in [1.165, 1.54) is 13.5 Å². The first-order chi connectivity index (χ1) is 8.03. The second kappa shape index (κ2) is 3.61. The van der Waals surface area contributed by atoms with Gasteiger partial charge in [0.15, 0.2) is 0 Å². The number of hydrogen-bond donors (Lipinski definition) is 1. The van der Waals surface area contributed by atoms with Crippen LogP contribution in [-0.4, -0.2) is 30.6 Å². The van der Waals surface area contributed by atoms with Crippen LogP contribution in [0.2, 0.25) is 0 Å². The predicted molar refractivity (Wildman–Crippen MR) is 60.4 cm³/mol. The molecule has 4 fully saturated rings. The molecule has 4 saturated carbocycles. The molecule has 0 aromatic rings. The Morgan fingerprint density at radius 2 is 1.94 bits per heavy atom. The SMILES string of the molecule is COC(=O)OCC12CC3CC(CC(O)(C3)C1)C2. The lowest BCUT2D eigenvalue weighted by Crippen LogP contribution is -2.57. The molecule has 4 rings (SSSR count). The minimum atomic E-state index is -0.604. The Morgan fingerprint density at radius 3 is 2.47 bits per heavy atom. The van der Waals surface area contributed by atoms with Gasteiger partial charge in [0.2, 0.25) is 0 Å². The van der Waals surface area contributed by atoms with Crippen molar-refractivity contribution in [3.05, 3.63) is 0 Å². The van der Waals surface area contributed by atoms with Crippen molar-refractivity contribution in [2.75, 3.05) is 13.7 Å². The summed E-state index contributed by atoms with van der Waals surface area (Å²) >= 11 is 0. The van der Waals surface area contributed by atoms with Crippen LogP contribution in [0.15, 0.2) is 0 Å². The van der Waals surface area contributed by atoms with Gasteiger partial charge in [0.05, 0.1) is 12.7 Å². The van der Waals surface area contributed by atoms with E-state index < -0.39 is 11.8 Å². The minimum absolute atomic E-state index is 0.0209. The van der Waals surface area contributed by atoms with Crippen LogP contribution in [0, 0.1) is 17.3 Å². The molecule has 4 bridgehead atoms. The van der Waals surface area contributed by atoms with Crippen LogP contribution >= 0.6 is 0 Å². The van der Waals surface area contributed by atoms with Gasteiger partial charge in [-0.2, -0.15) is 0 Å². The Kier molecular flexibility index (Phi) is 2.41. The summed E-state index contributed by atoms with van der Waals surface area (Å²) in [6, 6.07) is 0. The standard InChI is InChI=1S/C13H20O4/c1-16-11(14)17-8-12-3-9-2-10(4-12)6-13(15,5-9)7-12/h9-10,15H,2-8H2,1H3. The van der Waals surface area contributed by atoms with Gasteiger partial charge >= 0.3 is 6.16 Å². The van der Waals surface area contributed by atoms with Gasteiger partial charge in [-0.25, -0.2) is 4.79 Å². The molecule has 4 aliphatic carbocycles. The zero-order chi connectivity index (χ0) is 12.1. The van der Waals surface area contributed by atoms with Crippen molar-refractivity contribution < 1.29 is 19.4 Å². The third kappa shape index (κ3) is 1.92. The molecular formula is C13H20O4. The number of aliphatic hydroxyl groups is 1. The normalized spacial score (nSPS) is 46.9. The molecule has 4 aliphatic rings. The van der Waals surface area contributed by atoms with Gasteiger partial charge in [0.1, 0.15) is 6.61 Å². The first-order valence-corrected chi connectivity index (χ1v) is 6.46. The fourth-order valence-electron chi connectivity index (χ4n) is 4.84. The summed E-state index contributed by atoms with van der Waals surface area (Å²) in [7, 11) is 1.33. The minimum Gasteiger partial charge on any atom is -0.438 e. The molecule has 0 aromatic carbocycles. The molecule has 17 heavy (non-hydrogen) atoms. The molecule has 4 nitrogen and oxygen atoms in total. The van der Waals surface area contributed by atoms with E-state index in [2.05, 4.69) is 4.74 Å². The van der Waals surface area contributed by atoms with Crippen molar-refractivity contribution in [1.29, 1.82) is 0 Å². The van der Waals surface area contributed by atoms with E-state index in [1.807, 2.05) is 0 Å². The van der Waals surface area contributed by atoms with Gasteiger partial charge < -0.3 is 14.6 Å². The maximum atomic E-state index is 11.1. The van der Waals surface area contributed by atoms with Crippen molar-refractivity contribution >= 4 is 6.16 Å². The van der Waals surface area contributed by atoms with Gasteiger partial charge in [-0.1, -0.05) is 0 Å². The van der Waals surface area contributed by atoms with Gasteiger partial charge in [0.25, 0.3) is 0 Å². The van der Waals surface area contributed by atoms with E-state index in [1.54, 1.807) is 0 Å². The molecule has 2 unspecified atom stereocenters. The Hall–Kier alpha value is -0.770. The first kappa shape index (κ1) is 11.3. The lowest BCUT2D eigenvalue weighted by atomic mass is 9.48. The molecule has 2 atom stereocenters. The number of methoxy groups -OCH3 is 1.